The quantitative estimate of drug-likeness (QED) is 0.675. The summed E-state index contributed by atoms with van der Waals surface area (Å²) in [7, 11) is 1.85. The number of aromatic nitrogens is 2. The molecule has 0 saturated heterocycles. The molecule has 0 bridgehead atoms. The number of fused-ring (bicyclic) bond motifs is 1. The average Bonchev–Trinajstić information content (AvgIpc) is 2.41. The molecule has 62 valence electrons. The Morgan fingerprint density at radius 2 is 2.25 bits per heavy atom. The van der Waals surface area contributed by atoms with Crippen LogP contribution in [-0.2, 0) is 7.05 Å². The SMILES string of the molecule is Cn1cnc2c(F)c(I)ccc21. The molecule has 4 heteroatoms. The number of hydrogen-bond donors (Lipinski definition) is 0. The Hall–Kier alpha value is -0.650. The van der Waals surface area contributed by atoms with Crippen LogP contribution in [0, 0.1) is 9.39 Å². The van der Waals surface area contributed by atoms with Crippen LogP contribution in [-0.4, -0.2) is 9.55 Å². The Labute approximate surface area is 82.5 Å². The van der Waals surface area contributed by atoms with Crippen molar-refractivity contribution < 1.29 is 4.39 Å². The first-order valence-electron chi connectivity index (χ1n) is 3.45. The summed E-state index contributed by atoms with van der Waals surface area (Å²) in [5.41, 5.74) is 1.28. The molecule has 1 aromatic heterocycles. The molecular weight excluding hydrogens is 270 g/mol. The summed E-state index contributed by atoms with van der Waals surface area (Å²) in [5, 5.41) is 0. The van der Waals surface area contributed by atoms with Crippen molar-refractivity contribution in [3.63, 3.8) is 0 Å². The predicted octanol–water partition coefficient (Wildman–Crippen LogP) is 2.32. The summed E-state index contributed by atoms with van der Waals surface area (Å²) in [6.45, 7) is 0. The molecular formula is C8H6FIN2. The number of imidazole rings is 1. The van der Waals surface area contributed by atoms with Gasteiger partial charge in [-0.2, -0.15) is 0 Å². The van der Waals surface area contributed by atoms with Crippen LogP contribution in [0.25, 0.3) is 11.0 Å². The zero-order valence-corrected chi connectivity index (χ0v) is 8.54. The maximum absolute atomic E-state index is 13.3. The molecule has 0 saturated carbocycles. The highest BCUT2D eigenvalue weighted by Crippen LogP contribution is 2.20. The predicted molar refractivity (Wildman–Crippen MR) is 53.4 cm³/mol. The fourth-order valence-corrected chi connectivity index (χ4v) is 1.58. The van der Waals surface area contributed by atoms with Crippen molar-refractivity contribution in [2.45, 2.75) is 0 Å². The molecule has 12 heavy (non-hydrogen) atoms. The van der Waals surface area contributed by atoms with Gasteiger partial charge in [0.05, 0.1) is 15.4 Å². The molecule has 0 radical (unpaired) electrons. The van der Waals surface area contributed by atoms with Gasteiger partial charge in [0.15, 0.2) is 5.82 Å². The summed E-state index contributed by atoms with van der Waals surface area (Å²) >= 11 is 1.96. The third-order valence-electron chi connectivity index (χ3n) is 1.79. The molecule has 0 atom stereocenters. The highest BCUT2D eigenvalue weighted by atomic mass is 127. The van der Waals surface area contributed by atoms with E-state index in [9.17, 15) is 4.39 Å². The van der Waals surface area contributed by atoms with Crippen LogP contribution >= 0.6 is 22.6 Å². The molecule has 2 nitrogen and oxygen atoms in total. The van der Waals surface area contributed by atoms with Gasteiger partial charge >= 0.3 is 0 Å². The Bertz CT molecular complexity index is 436. The van der Waals surface area contributed by atoms with Crippen molar-refractivity contribution in [2.75, 3.05) is 0 Å². The second kappa shape index (κ2) is 2.69. The molecule has 2 aromatic rings. The molecule has 2 rings (SSSR count). The van der Waals surface area contributed by atoms with E-state index in [4.69, 9.17) is 0 Å². The largest absolute Gasteiger partial charge is 0.334 e. The Kier molecular flexibility index (Phi) is 1.79. The third-order valence-corrected chi connectivity index (χ3v) is 2.62. The van der Waals surface area contributed by atoms with Gasteiger partial charge in [0, 0.05) is 7.05 Å². The monoisotopic (exact) mass is 276 g/mol. The van der Waals surface area contributed by atoms with Crippen LogP contribution in [0.5, 0.6) is 0 Å². The standard InChI is InChI=1S/C8H6FIN2/c1-12-4-11-8-6(12)3-2-5(10)7(8)9/h2-4H,1H3. The number of nitrogens with zero attached hydrogens (tertiary/aromatic N) is 2. The van der Waals surface area contributed by atoms with Gasteiger partial charge in [0.1, 0.15) is 5.52 Å². The van der Waals surface area contributed by atoms with E-state index in [0.29, 0.717) is 9.09 Å². The smallest absolute Gasteiger partial charge is 0.164 e. The highest BCUT2D eigenvalue weighted by Gasteiger charge is 2.07. The number of rotatable bonds is 0. The van der Waals surface area contributed by atoms with E-state index in [2.05, 4.69) is 4.98 Å². The van der Waals surface area contributed by atoms with Crippen LogP contribution in [0.2, 0.25) is 0 Å². The van der Waals surface area contributed by atoms with Crippen LogP contribution in [0.4, 0.5) is 4.39 Å². The van der Waals surface area contributed by atoms with Crippen molar-refractivity contribution in [1.29, 1.82) is 0 Å². The van der Waals surface area contributed by atoms with Crippen molar-refractivity contribution in [2.24, 2.45) is 7.05 Å². The van der Waals surface area contributed by atoms with Crippen molar-refractivity contribution in [3.8, 4) is 0 Å². The minimum atomic E-state index is -0.228. The lowest BCUT2D eigenvalue weighted by molar-refractivity contribution is 0.630. The summed E-state index contributed by atoms with van der Waals surface area (Å²) in [4.78, 5) is 3.96. The topological polar surface area (TPSA) is 17.8 Å². The Morgan fingerprint density at radius 1 is 1.50 bits per heavy atom. The first-order chi connectivity index (χ1) is 5.70. The third kappa shape index (κ3) is 1.01. The Balaban J connectivity index is 2.93. The molecule has 0 fully saturated rings. The van der Waals surface area contributed by atoms with Gasteiger partial charge < -0.3 is 4.57 Å². The van der Waals surface area contributed by atoms with E-state index >= 15 is 0 Å². The van der Waals surface area contributed by atoms with Gasteiger partial charge in [0.2, 0.25) is 0 Å². The lowest BCUT2D eigenvalue weighted by Gasteiger charge is -1.96. The van der Waals surface area contributed by atoms with Crippen molar-refractivity contribution >= 4 is 33.6 Å². The first kappa shape index (κ1) is 7.97. The van der Waals surface area contributed by atoms with E-state index < -0.39 is 0 Å². The van der Waals surface area contributed by atoms with Gasteiger partial charge in [-0.05, 0) is 34.7 Å². The van der Waals surface area contributed by atoms with E-state index in [1.54, 1.807) is 17.0 Å². The minimum absolute atomic E-state index is 0.228. The summed E-state index contributed by atoms with van der Waals surface area (Å²) in [6.07, 6.45) is 1.61. The second-order valence-corrected chi connectivity index (χ2v) is 3.75. The molecule has 1 aromatic carbocycles. The lowest BCUT2D eigenvalue weighted by Crippen LogP contribution is -1.86. The second-order valence-electron chi connectivity index (χ2n) is 2.58. The van der Waals surface area contributed by atoms with Gasteiger partial charge in [-0.3, -0.25) is 0 Å². The average molecular weight is 276 g/mol. The van der Waals surface area contributed by atoms with Crippen LogP contribution in [0.3, 0.4) is 0 Å². The summed E-state index contributed by atoms with van der Waals surface area (Å²) < 4.78 is 15.7. The molecule has 0 N–H and O–H groups in total. The number of halogens is 2. The number of benzene rings is 1. The molecule has 0 amide bonds. The zero-order valence-electron chi connectivity index (χ0n) is 6.38. The molecule has 0 aliphatic rings. The highest BCUT2D eigenvalue weighted by molar-refractivity contribution is 14.1. The number of hydrogen-bond acceptors (Lipinski definition) is 1. The lowest BCUT2D eigenvalue weighted by atomic mass is 10.3. The molecule has 0 aliphatic heterocycles. The van der Waals surface area contributed by atoms with Crippen molar-refractivity contribution in [3.05, 3.63) is 27.8 Å². The van der Waals surface area contributed by atoms with Crippen LogP contribution in [0.1, 0.15) is 0 Å². The molecule has 0 unspecified atom stereocenters. The van der Waals surface area contributed by atoms with Gasteiger partial charge in [0.25, 0.3) is 0 Å². The normalized spacial score (nSPS) is 10.9. The fourth-order valence-electron chi connectivity index (χ4n) is 1.14. The van der Waals surface area contributed by atoms with Crippen LogP contribution < -0.4 is 0 Å². The van der Waals surface area contributed by atoms with Crippen molar-refractivity contribution in [1.82, 2.24) is 9.55 Å². The molecule has 0 spiro atoms. The van der Waals surface area contributed by atoms with E-state index in [-0.39, 0.29) is 5.82 Å². The maximum Gasteiger partial charge on any atom is 0.164 e. The van der Waals surface area contributed by atoms with Gasteiger partial charge in [-0.15, -0.1) is 0 Å². The molecule has 1 heterocycles. The maximum atomic E-state index is 13.3. The van der Waals surface area contributed by atoms with E-state index in [1.807, 2.05) is 35.7 Å². The van der Waals surface area contributed by atoms with Crippen LogP contribution in [0.15, 0.2) is 18.5 Å². The van der Waals surface area contributed by atoms with E-state index in [0.717, 1.165) is 5.52 Å². The molecule has 0 aliphatic carbocycles. The summed E-state index contributed by atoms with van der Waals surface area (Å²) in [6, 6.07) is 3.62. The summed E-state index contributed by atoms with van der Waals surface area (Å²) in [5.74, 6) is -0.228. The van der Waals surface area contributed by atoms with E-state index in [1.165, 1.54) is 0 Å². The number of aryl methyl sites for hydroxylation is 1. The fraction of sp³-hybridized carbons (Fsp3) is 0.125. The first-order valence-corrected chi connectivity index (χ1v) is 4.53. The zero-order chi connectivity index (χ0) is 8.72. The van der Waals surface area contributed by atoms with Gasteiger partial charge in [-0.25, -0.2) is 9.37 Å². The van der Waals surface area contributed by atoms with Gasteiger partial charge in [-0.1, -0.05) is 0 Å². The minimum Gasteiger partial charge on any atom is -0.334 e. The Morgan fingerprint density at radius 3 is 3.00 bits per heavy atom.